The average molecular weight is 218 g/mol. The first-order chi connectivity index (χ1) is 7.86. The van der Waals surface area contributed by atoms with Crippen LogP contribution in [0.25, 0.3) is 0 Å². The molecule has 0 amide bonds. The minimum absolute atomic E-state index is 0.892. The van der Waals surface area contributed by atoms with Crippen LogP contribution in [0.4, 0.5) is 0 Å². The number of hydrogen-bond acceptors (Lipinski definition) is 2. The summed E-state index contributed by atoms with van der Waals surface area (Å²) in [7, 11) is 0. The van der Waals surface area contributed by atoms with E-state index in [1.165, 1.54) is 5.56 Å². The smallest absolute Gasteiger partial charge is 0.0234 e. The van der Waals surface area contributed by atoms with Gasteiger partial charge in [0.1, 0.15) is 0 Å². The second kappa shape index (κ2) is 8.08. The second-order valence-electron chi connectivity index (χ2n) is 3.85. The molecule has 2 heteroatoms. The van der Waals surface area contributed by atoms with E-state index < -0.39 is 0 Å². The molecule has 0 saturated heterocycles. The van der Waals surface area contributed by atoms with Gasteiger partial charge in [0.15, 0.2) is 0 Å². The van der Waals surface area contributed by atoms with E-state index in [2.05, 4.69) is 54.1 Å². The Morgan fingerprint density at radius 1 is 1.31 bits per heavy atom. The van der Waals surface area contributed by atoms with Crippen molar-refractivity contribution < 1.29 is 0 Å². The molecular weight excluding hydrogens is 196 g/mol. The molecule has 88 valence electrons. The number of likely N-dealkylation sites (N-methyl/N-ethyl adjacent to an activating group) is 1. The third-order valence-corrected chi connectivity index (χ3v) is 2.59. The fourth-order valence-corrected chi connectivity index (χ4v) is 1.63. The van der Waals surface area contributed by atoms with Crippen molar-refractivity contribution in [1.29, 1.82) is 0 Å². The SMILES string of the molecule is C=CCNCCN(CC)Cc1ccccc1. The van der Waals surface area contributed by atoms with Crippen LogP contribution in [-0.2, 0) is 6.54 Å². The number of nitrogens with one attached hydrogen (secondary N) is 1. The second-order valence-corrected chi connectivity index (χ2v) is 3.85. The highest BCUT2D eigenvalue weighted by Crippen LogP contribution is 2.03. The van der Waals surface area contributed by atoms with Gasteiger partial charge in [-0.15, -0.1) is 6.58 Å². The fourth-order valence-electron chi connectivity index (χ4n) is 1.63. The summed E-state index contributed by atoms with van der Waals surface area (Å²) < 4.78 is 0. The van der Waals surface area contributed by atoms with Crippen molar-refractivity contribution in [1.82, 2.24) is 10.2 Å². The predicted octanol–water partition coefficient (Wildman–Crippen LogP) is 2.28. The normalized spacial score (nSPS) is 10.6. The maximum absolute atomic E-state index is 3.69. The topological polar surface area (TPSA) is 15.3 Å². The summed E-state index contributed by atoms with van der Waals surface area (Å²) in [6.45, 7) is 11.0. The lowest BCUT2D eigenvalue weighted by Crippen LogP contribution is -2.31. The molecule has 0 saturated carbocycles. The lowest BCUT2D eigenvalue weighted by atomic mass is 10.2. The van der Waals surface area contributed by atoms with Crippen LogP contribution in [0.5, 0.6) is 0 Å². The van der Waals surface area contributed by atoms with Crippen LogP contribution in [0, 0.1) is 0 Å². The molecule has 0 aromatic heterocycles. The van der Waals surface area contributed by atoms with Gasteiger partial charge >= 0.3 is 0 Å². The summed E-state index contributed by atoms with van der Waals surface area (Å²) in [5.41, 5.74) is 1.38. The molecule has 0 radical (unpaired) electrons. The van der Waals surface area contributed by atoms with Gasteiger partial charge in [-0.2, -0.15) is 0 Å². The molecule has 2 nitrogen and oxygen atoms in total. The van der Waals surface area contributed by atoms with E-state index in [4.69, 9.17) is 0 Å². The molecule has 0 aliphatic carbocycles. The Balaban J connectivity index is 2.29. The molecule has 0 bridgehead atoms. The molecule has 0 heterocycles. The van der Waals surface area contributed by atoms with Gasteiger partial charge < -0.3 is 5.32 Å². The fraction of sp³-hybridized carbons (Fsp3) is 0.429. The molecule has 1 aromatic rings. The highest BCUT2D eigenvalue weighted by Gasteiger charge is 2.02. The van der Waals surface area contributed by atoms with Gasteiger partial charge in [0.25, 0.3) is 0 Å². The molecule has 16 heavy (non-hydrogen) atoms. The highest BCUT2D eigenvalue weighted by atomic mass is 15.1. The van der Waals surface area contributed by atoms with E-state index in [1.54, 1.807) is 0 Å². The van der Waals surface area contributed by atoms with Crippen molar-refractivity contribution in [3.8, 4) is 0 Å². The lowest BCUT2D eigenvalue weighted by molar-refractivity contribution is 0.280. The Hall–Kier alpha value is -1.12. The van der Waals surface area contributed by atoms with Gasteiger partial charge in [-0.25, -0.2) is 0 Å². The zero-order valence-electron chi connectivity index (χ0n) is 10.2. The maximum atomic E-state index is 3.69. The monoisotopic (exact) mass is 218 g/mol. The number of benzene rings is 1. The summed E-state index contributed by atoms with van der Waals surface area (Å²) in [5, 5.41) is 3.33. The van der Waals surface area contributed by atoms with E-state index in [1.807, 2.05) is 6.08 Å². The molecule has 0 unspecified atom stereocenters. The predicted molar refractivity (Wildman–Crippen MR) is 70.5 cm³/mol. The Morgan fingerprint density at radius 3 is 2.69 bits per heavy atom. The number of nitrogens with zero attached hydrogens (tertiary/aromatic N) is 1. The first kappa shape index (κ1) is 12.9. The van der Waals surface area contributed by atoms with Crippen LogP contribution in [0.2, 0.25) is 0 Å². The Morgan fingerprint density at radius 2 is 2.06 bits per heavy atom. The molecular formula is C14H22N2. The van der Waals surface area contributed by atoms with Crippen molar-refractivity contribution in [2.45, 2.75) is 13.5 Å². The molecule has 0 fully saturated rings. The summed E-state index contributed by atoms with van der Waals surface area (Å²) in [4.78, 5) is 2.44. The Labute approximate surface area is 99.0 Å². The minimum atomic E-state index is 0.892. The van der Waals surface area contributed by atoms with E-state index in [9.17, 15) is 0 Å². The maximum Gasteiger partial charge on any atom is 0.0234 e. The van der Waals surface area contributed by atoms with Crippen LogP contribution < -0.4 is 5.32 Å². The highest BCUT2D eigenvalue weighted by molar-refractivity contribution is 5.14. The van der Waals surface area contributed by atoms with Crippen LogP contribution in [-0.4, -0.2) is 31.1 Å². The quantitative estimate of drug-likeness (QED) is 0.532. The van der Waals surface area contributed by atoms with Crippen molar-refractivity contribution >= 4 is 0 Å². The van der Waals surface area contributed by atoms with Gasteiger partial charge in [-0.3, -0.25) is 4.90 Å². The van der Waals surface area contributed by atoms with Crippen molar-refractivity contribution in [2.24, 2.45) is 0 Å². The first-order valence-electron chi connectivity index (χ1n) is 5.94. The summed E-state index contributed by atoms with van der Waals surface area (Å²) in [5.74, 6) is 0. The largest absolute Gasteiger partial charge is 0.312 e. The van der Waals surface area contributed by atoms with Gasteiger partial charge in [-0.05, 0) is 12.1 Å². The van der Waals surface area contributed by atoms with E-state index in [0.717, 1.165) is 32.7 Å². The summed E-state index contributed by atoms with van der Waals surface area (Å²) >= 11 is 0. The Kier molecular flexibility index (Phi) is 6.54. The third-order valence-electron chi connectivity index (χ3n) is 2.59. The van der Waals surface area contributed by atoms with Gasteiger partial charge in [0, 0.05) is 26.2 Å². The van der Waals surface area contributed by atoms with Crippen LogP contribution >= 0.6 is 0 Å². The first-order valence-corrected chi connectivity index (χ1v) is 5.94. The van der Waals surface area contributed by atoms with Crippen molar-refractivity contribution in [3.63, 3.8) is 0 Å². The molecule has 1 aromatic carbocycles. The lowest BCUT2D eigenvalue weighted by Gasteiger charge is -2.20. The molecule has 0 aliphatic heterocycles. The zero-order chi connectivity index (χ0) is 11.6. The summed E-state index contributed by atoms with van der Waals surface area (Å²) in [6.07, 6.45) is 1.90. The summed E-state index contributed by atoms with van der Waals surface area (Å²) in [6, 6.07) is 10.6. The zero-order valence-corrected chi connectivity index (χ0v) is 10.2. The standard InChI is InChI=1S/C14H22N2/c1-3-10-15-11-12-16(4-2)13-14-8-6-5-7-9-14/h3,5-9,15H,1,4,10-13H2,2H3. The van der Waals surface area contributed by atoms with Crippen LogP contribution in [0.1, 0.15) is 12.5 Å². The van der Waals surface area contributed by atoms with Gasteiger partial charge in [-0.1, -0.05) is 43.3 Å². The molecule has 0 atom stereocenters. The van der Waals surface area contributed by atoms with Crippen molar-refractivity contribution in [3.05, 3.63) is 48.6 Å². The number of rotatable bonds is 8. The molecule has 0 spiro atoms. The van der Waals surface area contributed by atoms with Crippen LogP contribution in [0.15, 0.2) is 43.0 Å². The van der Waals surface area contributed by atoms with Crippen LogP contribution in [0.3, 0.4) is 0 Å². The minimum Gasteiger partial charge on any atom is -0.312 e. The Bertz CT molecular complexity index is 282. The molecule has 0 aliphatic rings. The average Bonchev–Trinajstić information content (AvgIpc) is 2.34. The number of hydrogen-bond donors (Lipinski definition) is 1. The molecule has 1 N–H and O–H groups in total. The van der Waals surface area contributed by atoms with Gasteiger partial charge in [0.05, 0.1) is 0 Å². The van der Waals surface area contributed by atoms with E-state index in [-0.39, 0.29) is 0 Å². The molecule has 1 rings (SSSR count). The van der Waals surface area contributed by atoms with Crippen molar-refractivity contribution in [2.75, 3.05) is 26.2 Å². The van der Waals surface area contributed by atoms with E-state index >= 15 is 0 Å². The third kappa shape index (κ3) is 5.10. The van der Waals surface area contributed by atoms with E-state index in [0.29, 0.717) is 0 Å². The van der Waals surface area contributed by atoms with Gasteiger partial charge in [0.2, 0.25) is 0 Å².